The lowest BCUT2D eigenvalue weighted by Gasteiger charge is -2.33. The maximum absolute atomic E-state index is 12.8. The van der Waals surface area contributed by atoms with Crippen molar-refractivity contribution < 1.29 is 19.2 Å². The normalized spacial score (nSPS) is 20.1. The van der Waals surface area contributed by atoms with Gasteiger partial charge in [0.2, 0.25) is 0 Å². The average Bonchev–Trinajstić information content (AvgIpc) is 3.16. The molecule has 0 N–H and O–H groups in total. The van der Waals surface area contributed by atoms with E-state index in [0.29, 0.717) is 43.6 Å². The van der Waals surface area contributed by atoms with Crippen LogP contribution in [0, 0.1) is 17.2 Å². The smallest absolute Gasteiger partial charge is 0.410 e. The zero-order valence-electron chi connectivity index (χ0n) is 16.5. The number of carbonyl (C=O) groups excluding carboxylic acids is 2. The summed E-state index contributed by atoms with van der Waals surface area (Å²) in [5, 5.41) is 12.9. The highest BCUT2D eigenvalue weighted by Crippen LogP contribution is 2.26. The summed E-state index contributed by atoms with van der Waals surface area (Å²) in [6, 6.07) is 9.14. The van der Waals surface area contributed by atoms with Gasteiger partial charge in [-0.15, -0.1) is 0 Å². The molecule has 7 nitrogen and oxygen atoms in total. The minimum atomic E-state index is -0.580. The largest absolute Gasteiger partial charge is 0.444 e. The van der Waals surface area contributed by atoms with Crippen LogP contribution in [0.25, 0.3) is 0 Å². The summed E-state index contributed by atoms with van der Waals surface area (Å²) in [5.41, 5.74) is 1.62. The summed E-state index contributed by atoms with van der Waals surface area (Å²) < 4.78 is 5.39. The Balaban J connectivity index is 1.51. The van der Waals surface area contributed by atoms with Gasteiger partial charge in [0.25, 0.3) is 0 Å². The van der Waals surface area contributed by atoms with E-state index in [1.165, 1.54) is 0 Å². The molecule has 148 valence electrons. The maximum atomic E-state index is 12.8. The van der Waals surface area contributed by atoms with Crippen LogP contribution in [0.1, 0.15) is 51.2 Å². The Morgan fingerprint density at radius 2 is 1.86 bits per heavy atom. The van der Waals surface area contributed by atoms with Crippen molar-refractivity contribution in [2.24, 2.45) is 11.1 Å². The van der Waals surface area contributed by atoms with Crippen molar-refractivity contribution in [3.63, 3.8) is 0 Å². The lowest BCUT2D eigenvalue weighted by atomic mass is 9.88. The van der Waals surface area contributed by atoms with Gasteiger partial charge in [0.1, 0.15) is 5.60 Å². The monoisotopic (exact) mass is 383 g/mol. The summed E-state index contributed by atoms with van der Waals surface area (Å²) in [4.78, 5) is 32.0. The second-order valence-electron chi connectivity index (χ2n) is 8.17. The van der Waals surface area contributed by atoms with Crippen molar-refractivity contribution in [2.45, 2.75) is 51.7 Å². The molecule has 1 fully saturated rings. The summed E-state index contributed by atoms with van der Waals surface area (Å²) in [6.45, 7) is 6.51. The lowest BCUT2D eigenvalue weighted by Crippen LogP contribution is -2.44. The first kappa shape index (κ1) is 19.9. The number of nitriles is 1. The molecule has 0 bridgehead atoms. The molecule has 0 aliphatic carbocycles. The van der Waals surface area contributed by atoms with Crippen LogP contribution in [0.4, 0.5) is 4.79 Å². The van der Waals surface area contributed by atoms with Gasteiger partial charge in [-0.3, -0.25) is 4.79 Å². The Morgan fingerprint density at radius 1 is 1.21 bits per heavy atom. The molecular weight excluding hydrogens is 358 g/mol. The Hall–Kier alpha value is -2.88. The molecule has 7 heteroatoms. The second kappa shape index (κ2) is 8.01. The van der Waals surface area contributed by atoms with E-state index in [0.717, 1.165) is 5.56 Å². The summed E-state index contributed by atoms with van der Waals surface area (Å²) in [6.07, 6.45) is 0.719. The predicted molar refractivity (Wildman–Crippen MR) is 103 cm³/mol. The van der Waals surface area contributed by atoms with E-state index in [1.54, 1.807) is 17.0 Å². The Kier molecular flexibility index (Phi) is 5.68. The highest BCUT2D eigenvalue weighted by Gasteiger charge is 2.36. The molecule has 2 aliphatic rings. The van der Waals surface area contributed by atoms with Crippen LogP contribution in [0.2, 0.25) is 0 Å². The molecule has 1 amide bonds. The first-order valence-electron chi connectivity index (χ1n) is 9.52. The highest BCUT2D eigenvalue weighted by molar-refractivity contribution is 6.04. The van der Waals surface area contributed by atoms with E-state index in [-0.39, 0.29) is 17.8 Å². The summed E-state index contributed by atoms with van der Waals surface area (Å²) in [7, 11) is 0. The van der Waals surface area contributed by atoms with Crippen molar-refractivity contribution in [2.75, 3.05) is 13.1 Å². The van der Waals surface area contributed by atoms with E-state index in [4.69, 9.17) is 14.8 Å². The van der Waals surface area contributed by atoms with Gasteiger partial charge in [-0.25, -0.2) is 4.79 Å². The van der Waals surface area contributed by atoms with Gasteiger partial charge < -0.3 is 14.5 Å². The molecule has 1 atom stereocenters. The fourth-order valence-corrected chi connectivity index (χ4v) is 3.37. The topological polar surface area (TPSA) is 92.0 Å². The second-order valence-corrected chi connectivity index (χ2v) is 8.17. The van der Waals surface area contributed by atoms with E-state index in [1.807, 2.05) is 32.9 Å². The van der Waals surface area contributed by atoms with E-state index in [9.17, 15) is 9.59 Å². The molecule has 1 aromatic rings. The number of rotatable bonds is 3. The Bertz CT molecular complexity index is 810. The number of nitrogens with zero attached hydrogens (tertiary/aromatic N) is 3. The van der Waals surface area contributed by atoms with Crippen LogP contribution in [0.5, 0.6) is 0 Å². The third-order valence-corrected chi connectivity index (χ3v) is 4.88. The van der Waals surface area contributed by atoms with Gasteiger partial charge >= 0.3 is 6.09 Å². The lowest BCUT2D eigenvalue weighted by molar-refractivity contribution is -0.134. The van der Waals surface area contributed by atoms with Crippen LogP contribution in [0.15, 0.2) is 29.4 Å². The van der Waals surface area contributed by atoms with Gasteiger partial charge in [-0.1, -0.05) is 17.3 Å². The number of amides is 1. The standard InChI is InChI=1S/C21H25N3O4/c1-21(2,3)27-20(26)24-10-8-16(9-11-24)19(25)18-12-17(23-28-18)15-6-4-14(13-22)5-7-15/h4-7,16,18H,8-12H2,1-3H3. The Morgan fingerprint density at radius 3 is 2.43 bits per heavy atom. The van der Waals surface area contributed by atoms with Crippen molar-refractivity contribution >= 4 is 17.6 Å². The highest BCUT2D eigenvalue weighted by atomic mass is 16.6. The van der Waals surface area contributed by atoms with Crippen molar-refractivity contribution in [1.82, 2.24) is 4.90 Å². The van der Waals surface area contributed by atoms with Gasteiger partial charge in [0.05, 0.1) is 17.3 Å². The van der Waals surface area contributed by atoms with Crippen LogP contribution >= 0.6 is 0 Å². The van der Waals surface area contributed by atoms with E-state index in [2.05, 4.69) is 11.2 Å². The van der Waals surface area contributed by atoms with Gasteiger partial charge in [0, 0.05) is 25.4 Å². The summed E-state index contributed by atoms with van der Waals surface area (Å²) >= 11 is 0. The van der Waals surface area contributed by atoms with Crippen LogP contribution < -0.4 is 0 Å². The fraction of sp³-hybridized carbons (Fsp3) is 0.524. The molecule has 1 aromatic carbocycles. The number of carbonyl (C=O) groups is 2. The fourth-order valence-electron chi connectivity index (χ4n) is 3.37. The molecule has 1 unspecified atom stereocenters. The minimum Gasteiger partial charge on any atom is -0.444 e. The van der Waals surface area contributed by atoms with Crippen LogP contribution in [-0.2, 0) is 14.4 Å². The van der Waals surface area contributed by atoms with Crippen molar-refractivity contribution in [3.05, 3.63) is 35.4 Å². The Labute approximate surface area is 164 Å². The number of hydrogen-bond acceptors (Lipinski definition) is 6. The molecule has 0 saturated carbocycles. The third-order valence-electron chi connectivity index (χ3n) is 4.88. The quantitative estimate of drug-likeness (QED) is 0.799. The zero-order valence-corrected chi connectivity index (χ0v) is 16.5. The molecule has 1 saturated heterocycles. The van der Waals surface area contributed by atoms with Gasteiger partial charge in [0.15, 0.2) is 11.9 Å². The first-order valence-corrected chi connectivity index (χ1v) is 9.52. The van der Waals surface area contributed by atoms with Crippen molar-refractivity contribution in [3.8, 4) is 6.07 Å². The van der Waals surface area contributed by atoms with Gasteiger partial charge in [-0.05, 0) is 51.3 Å². The van der Waals surface area contributed by atoms with Gasteiger partial charge in [-0.2, -0.15) is 5.26 Å². The third kappa shape index (κ3) is 4.69. The van der Waals surface area contributed by atoms with Crippen LogP contribution in [-0.4, -0.2) is 47.3 Å². The number of ether oxygens (including phenoxy) is 1. The number of oxime groups is 1. The molecule has 2 aliphatic heterocycles. The number of likely N-dealkylation sites (tertiary alicyclic amines) is 1. The SMILES string of the molecule is CC(C)(C)OC(=O)N1CCC(C(=O)C2CC(c3ccc(C#N)cc3)=NO2)CC1. The molecule has 0 aromatic heterocycles. The van der Waals surface area contributed by atoms with Crippen molar-refractivity contribution in [1.29, 1.82) is 5.26 Å². The molecule has 2 heterocycles. The minimum absolute atomic E-state index is 0.0382. The average molecular weight is 383 g/mol. The number of Topliss-reactive ketones (excluding diaryl/α,β-unsaturated/α-hetero) is 1. The number of hydrogen-bond donors (Lipinski definition) is 0. The molecule has 0 radical (unpaired) electrons. The van der Waals surface area contributed by atoms with Crippen LogP contribution in [0.3, 0.4) is 0 Å². The predicted octanol–water partition coefficient (Wildman–Crippen LogP) is 3.27. The molecule has 0 spiro atoms. The number of benzene rings is 1. The molecule has 3 rings (SSSR count). The zero-order chi connectivity index (χ0) is 20.3. The summed E-state index contributed by atoms with van der Waals surface area (Å²) in [5.74, 6) is -0.101. The number of piperidine rings is 1. The van der Waals surface area contributed by atoms with E-state index >= 15 is 0 Å². The van der Waals surface area contributed by atoms with E-state index < -0.39 is 11.7 Å². The molecular formula is C21H25N3O4. The number of ketones is 1. The molecule has 28 heavy (non-hydrogen) atoms. The first-order chi connectivity index (χ1) is 13.3. The maximum Gasteiger partial charge on any atom is 0.410 e.